The molecule has 0 atom stereocenters. The second-order valence-corrected chi connectivity index (χ2v) is 7.08. The van der Waals surface area contributed by atoms with Crippen molar-refractivity contribution < 1.29 is 19.1 Å². The normalized spacial score (nSPS) is 14.2. The Morgan fingerprint density at radius 3 is 2.79 bits per heavy atom. The van der Waals surface area contributed by atoms with Gasteiger partial charge in [-0.05, 0) is 38.0 Å². The lowest BCUT2D eigenvalue weighted by molar-refractivity contribution is -0.136. The van der Waals surface area contributed by atoms with E-state index in [0.29, 0.717) is 17.4 Å². The van der Waals surface area contributed by atoms with Gasteiger partial charge in [0, 0.05) is 35.3 Å². The van der Waals surface area contributed by atoms with E-state index < -0.39 is 5.97 Å². The third-order valence-electron chi connectivity index (χ3n) is 5.30. The molecular formula is C23H26N2O4. The lowest BCUT2D eigenvalue weighted by Crippen LogP contribution is -2.24. The summed E-state index contributed by atoms with van der Waals surface area (Å²) in [6.07, 6.45) is 12.5. The van der Waals surface area contributed by atoms with Crippen molar-refractivity contribution in [2.75, 3.05) is 20.3 Å². The summed E-state index contributed by atoms with van der Waals surface area (Å²) in [5.74, 6) is 2.23. The fraction of sp³-hybridized carbons (Fsp3) is 0.391. The van der Waals surface area contributed by atoms with Crippen molar-refractivity contribution in [2.45, 2.75) is 38.6 Å². The monoisotopic (exact) mass is 394 g/mol. The molecule has 29 heavy (non-hydrogen) atoms. The third-order valence-corrected chi connectivity index (χ3v) is 5.30. The van der Waals surface area contributed by atoms with E-state index in [1.165, 1.54) is 18.9 Å². The number of ether oxygens (including phenoxy) is 2. The van der Waals surface area contributed by atoms with E-state index in [1.54, 1.807) is 13.2 Å². The molecule has 6 heteroatoms. The quantitative estimate of drug-likeness (QED) is 0.443. The minimum Gasteiger partial charge on any atom is -0.497 e. The Morgan fingerprint density at radius 2 is 2.10 bits per heavy atom. The van der Waals surface area contributed by atoms with Gasteiger partial charge in [0.05, 0.1) is 12.7 Å². The van der Waals surface area contributed by atoms with Gasteiger partial charge in [-0.2, -0.15) is 0 Å². The summed E-state index contributed by atoms with van der Waals surface area (Å²) in [7, 11) is 1.62. The Kier molecular flexibility index (Phi) is 6.61. The molecule has 6 nitrogen and oxygen atoms in total. The van der Waals surface area contributed by atoms with Crippen LogP contribution in [0.1, 0.15) is 47.8 Å². The number of terminal acetylenes is 1. The largest absolute Gasteiger partial charge is 0.497 e. The fourth-order valence-electron chi connectivity index (χ4n) is 4.02. The topological polar surface area (TPSA) is 69.6 Å². The molecule has 0 saturated heterocycles. The van der Waals surface area contributed by atoms with Crippen LogP contribution in [0, 0.1) is 19.3 Å². The molecule has 0 radical (unpaired) electrons. The van der Waals surface area contributed by atoms with Crippen LogP contribution >= 0.6 is 0 Å². The van der Waals surface area contributed by atoms with Crippen LogP contribution in [0.2, 0.25) is 0 Å². The molecule has 1 amide bonds. The number of carbonyl (C=O) groups excluding carboxylic acids is 2. The van der Waals surface area contributed by atoms with Gasteiger partial charge in [-0.3, -0.25) is 4.79 Å². The molecule has 1 saturated carbocycles. The van der Waals surface area contributed by atoms with Gasteiger partial charge in [0.25, 0.3) is 5.91 Å². The molecule has 1 heterocycles. The van der Waals surface area contributed by atoms with E-state index in [1.807, 2.05) is 25.1 Å². The Hall–Kier alpha value is -3.20. The van der Waals surface area contributed by atoms with Crippen LogP contribution in [-0.2, 0) is 9.53 Å². The van der Waals surface area contributed by atoms with E-state index in [-0.39, 0.29) is 19.1 Å². The second kappa shape index (κ2) is 9.33. The Bertz CT molecular complexity index is 975. The van der Waals surface area contributed by atoms with Gasteiger partial charge in [0.2, 0.25) is 0 Å². The van der Waals surface area contributed by atoms with Gasteiger partial charge in [-0.1, -0.05) is 24.8 Å². The zero-order valence-corrected chi connectivity index (χ0v) is 16.9. The van der Waals surface area contributed by atoms with E-state index in [4.69, 9.17) is 15.9 Å². The van der Waals surface area contributed by atoms with E-state index in [2.05, 4.69) is 15.8 Å². The highest BCUT2D eigenvalue weighted by atomic mass is 16.5. The zero-order valence-electron chi connectivity index (χ0n) is 16.9. The van der Waals surface area contributed by atoms with Crippen molar-refractivity contribution in [1.29, 1.82) is 0 Å². The molecule has 1 aromatic carbocycles. The predicted octanol–water partition coefficient (Wildman–Crippen LogP) is 3.54. The molecular weight excluding hydrogens is 368 g/mol. The highest BCUT2D eigenvalue weighted by molar-refractivity contribution is 6.09. The molecule has 1 aliphatic carbocycles. The van der Waals surface area contributed by atoms with Crippen LogP contribution in [0.15, 0.2) is 30.4 Å². The summed E-state index contributed by atoms with van der Waals surface area (Å²) >= 11 is 0. The minimum absolute atomic E-state index is 0.0722. The standard InChI is InChI=1S/C23H26N2O4/c1-4-14-29-21(26)10-7-13-24-23(27)22-16(2)25(17-8-5-6-9-17)20-12-11-18(28-3)15-19(20)22/h1,7,10-12,15,17H,5-6,8-9,13-14H2,2-3H3,(H,24,27)/b10-7+. The van der Waals surface area contributed by atoms with E-state index in [0.717, 1.165) is 29.4 Å². The van der Waals surface area contributed by atoms with Crippen molar-refractivity contribution in [3.63, 3.8) is 0 Å². The van der Waals surface area contributed by atoms with Gasteiger partial charge < -0.3 is 19.4 Å². The lowest BCUT2D eigenvalue weighted by Gasteiger charge is -2.16. The number of hydrogen-bond donors (Lipinski definition) is 1. The number of aromatic nitrogens is 1. The SMILES string of the molecule is C#CCOC(=O)/C=C/CNC(=O)c1c(C)n(C2CCCC2)c2ccc(OC)cc12. The molecule has 2 aromatic rings. The van der Waals surface area contributed by atoms with Crippen molar-refractivity contribution in [3.8, 4) is 18.1 Å². The van der Waals surface area contributed by atoms with Crippen LogP contribution in [0.4, 0.5) is 0 Å². The van der Waals surface area contributed by atoms with E-state index in [9.17, 15) is 9.59 Å². The summed E-state index contributed by atoms with van der Waals surface area (Å²) in [6.45, 7) is 2.13. The second-order valence-electron chi connectivity index (χ2n) is 7.08. The fourth-order valence-corrected chi connectivity index (χ4v) is 4.02. The summed E-state index contributed by atoms with van der Waals surface area (Å²) in [5.41, 5.74) is 2.65. The van der Waals surface area contributed by atoms with Crippen molar-refractivity contribution in [3.05, 3.63) is 41.6 Å². The van der Waals surface area contributed by atoms with Crippen LogP contribution in [-0.4, -0.2) is 36.7 Å². The highest BCUT2D eigenvalue weighted by Gasteiger charge is 2.26. The molecule has 1 N–H and O–H groups in total. The molecule has 0 spiro atoms. The highest BCUT2D eigenvalue weighted by Crippen LogP contribution is 2.38. The maximum Gasteiger partial charge on any atom is 0.331 e. The molecule has 0 bridgehead atoms. The number of fused-ring (bicyclic) bond motifs is 1. The average Bonchev–Trinajstić information content (AvgIpc) is 3.34. The maximum atomic E-state index is 13.0. The van der Waals surface area contributed by atoms with Crippen molar-refractivity contribution in [1.82, 2.24) is 9.88 Å². The molecule has 1 aliphatic rings. The summed E-state index contributed by atoms with van der Waals surface area (Å²) in [4.78, 5) is 24.4. The summed E-state index contributed by atoms with van der Waals surface area (Å²) in [6, 6.07) is 6.28. The number of esters is 1. The smallest absolute Gasteiger partial charge is 0.331 e. The number of hydrogen-bond acceptors (Lipinski definition) is 4. The predicted molar refractivity (Wildman–Crippen MR) is 112 cm³/mol. The number of methoxy groups -OCH3 is 1. The molecule has 1 aromatic heterocycles. The van der Waals surface area contributed by atoms with Gasteiger partial charge in [-0.15, -0.1) is 6.42 Å². The maximum absolute atomic E-state index is 13.0. The number of carbonyl (C=O) groups is 2. The Morgan fingerprint density at radius 1 is 1.34 bits per heavy atom. The Labute approximate surface area is 170 Å². The van der Waals surface area contributed by atoms with Crippen LogP contribution in [0.3, 0.4) is 0 Å². The number of nitrogens with one attached hydrogen (secondary N) is 1. The minimum atomic E-state index is -0.532. The first-order valence-electron chi connectivity index (χ1n) is 9.80. The number of nitrogens with zero attached hydrogens (tertiary/aromatic N) is 1. The van der Waals surface area contributed by atoms with Crippen LogP contribution in [0.5, 0.6) is 5.75 Å². The lowest BCUT2D eigenvalue weighted by atomic mass is 10.1. The molecule has 1 fully saturated rings. The number of amides is 1. The first-order valence-corrected chi connectivity index (χ1v) is 9.80. The van der Waals surface area contributed by atoms with Crippen molar-refractivity contribution in [2.24, 2.45) is 0 Å². The molecule has 0 unspecified atom stereocenters. The average molecular weight is 394 g/mol. The van der Waals surface area contributed by atoms with Gasteiger partial charge in [-0.25, -0.2) is 4.79 Å². The first-order chi connectivity index (χ1) is 14.1. The van der Waals surface area contributed by atoms with Gasteiger partial charge in [0.1, 0.15) is 5.75 Å². The summed E-state index contributed by atoms with van der Waals surface area (Å²) < 4.78 is 12.4. The molecule has 0 aliphatic heterocycles. The molecule has 152 valence electrons. The number of benzene rings is 1. The Balaban J connectivity index is 1.84. The van der Waals surface area contributed by atoms with Gasteiger partial charge >= 0.3 is 5.97 Å². The van der Waals surface area contributed by atoms with Crippen molar-refractivity contribution >= 4 is 22.8 Å². The first kappa shape index (κ1) is 20.5. The summed E-state index contributed by atoms with van der Waals surface area (Å²) in [5, 5.41) is 3.74. The van der Waals surface area contributed by atoms with E-state index >= 15 is 0 Å². The van der Waals surface area contributed by atoms with Crippen LogP contribution in [0.25, 0.3) is 10.9 Å². The third kappa shape index (κ3) is 4.45. The number of rotatable bonds is 7. The van der Waals surface area contributed by atoms with Gasteiger partial charge in [0.15, 0.2) is 6.61 Å². The molecule has 3 rings (SSSR count). The zero-order chi connectivity index (χ0) is 20.8. The van der Waals surface area contributed by atoms with Crippen LogP contribution < -0.4 is 10.1 Å².